The minimum atomic E-state index is -0.403. The third-order valence-electron chi connectivity index (χ3n) is 3.93. The van der Waals surface area contributed by atoms with Gasteiger partial charge >= 0.3 is 0 Å². The molecule has 2 amide bonds. The van der Waals surface area contributed by atoms with Crippen LogP contribution in [0.2, 0.25) is 5.02 Å². The molecule has 0 aliphatic carbocycles. The van der Waals surface area contributed by atoms with Gasteiger partial charge in [0.2, 0.25) is 5.91 Å². The van der Waals surface area contributed by atoms with Crippen LogP contribution in [0.1, 0.15) is 23.4 Å². The second-order valence-electron chi connectivity index (χ2n) is 5.68. The Morgan fingerprint density at radius 3 is 2.82 bits per heavy atom. The van der Waals surface area contributed by atoms with Crippen LogP contribution in [0, 0.1) is 0 Å². The van der Waals surface area contributed by atoms with Crippen molar-refractivity contribution in [2.24, 2.45) is 0 Å². The standard InChI is InChI=1S/C16H17ClN2O3/c1-18(2)15(20)12-4-3-7-19(12)16(21)14-9-10-8-11(17)5-6-13(10)22-14/h5-6,8-9,12H,3-4,7H2,1-2H3. The second kappa shape index (κ2) is 5.65. The maximum Gasteiger partial charge on any atom is 0.290 e. The monoisotopic (exact) mass is 320 g/mol. The molecule has 0 N–H and O–H groups in total. The van der Waals surface area contributed by atoms with E-state index < -0.39 is 6.04 Å². The maximum absolute atomic E-state index is 12.7. The molecule has 0 bridgehead atoms. The molecular weight excluding hydrogens is 304 g/mol. The molecule has 22 heavy (non-hydrogen) atoms. The van der Waals surface area contributed by atoms with E-state index in [0.717, 1.165) is 11.8 Å². The molecule has 116 valence electrons. The lowest BCUT2D eigenvalue weighted by Gasteiger charge is -2.25. The number of benzene rings is 1. The second-order valence-corrected chi connectivity index (χ2v) is 6.12. The normalized spacial score (nSPS) is 18.0. The largest absolute Gasteiger partial charge is 0.451 e. The molecule has 2 heterocycles. The lowest BCUT2D eigenvalue weighted by molar-refractivity contribution is -0.132. The number of fused-ring (bicyclic) bond motifs is 1. The van der Waals surface area contributed by atoms with Crippen LogP contribution in [0.15, 0.2) is 28.7 Å². The van der Waals surface area contributed by atoms with Crippen LogP contribution in [0.3, 0.4) is 0 Å². The Hall–Kier alpha value is -2.01. The molecule has 1 atom stereocenters. The molecule has 0 saturated carbocycles. The maximum atomic E-state index is 12.7. The van der Waals surface area contributed by atoms with E-state index in [1.54, 1.807) is 43.3 Å². The number of hydrogen-bond acceptors (Lipinski definition) is 3. The van der Waals surface area contributed by atoms with Crippen molar-refractivity contribution in [1.82, 2.24) is 9.80 Å². The van der Waals surface area contributed by atoms with Gasteiger partial charge in [-0.05, 0) is 37.1 Å². The summed E-state index contributed by atoms with van der Waals surface area (Å²) in [6.45, 7) is 0.570. The van der Waals surface area contributed by atoms with Crippen molar-refractivity contribution in [3.63, 3.8) is 0 Å². The minimum absolute atomic E-state index is 0.0509. The van der Waals surface area contributed by atoms with Crippen molar-refractivity contribution >= 4 is 34.4 Å². The van der Waals surface area contributed by atoms with Crippen molar-refractivity contribution in [1.29, 1.82) is 0 Å². The van der Waals surface area contributed by atoms with E-state index >= 15 is 0 Å². The molecule has 2 aromatic rings. The van der Waals surface area contributed by atoms with Gasteiger partial charge in [0, 0.05) is 31.0 Å². The summed E-state index contributed by atoms with van der Waals surface area (Å²) in [5, 5.41) is 1.37. The highest BCUT2D eigenvalue weighted by atomic mass is 35.5. The average Bonchev–Trinajstić information content (AvgIpc) is 3.11. The van der Waals surface area contributed by atoms with Gasteiger partial charge in [0.15, 0.2) is 5.76 Å². The number of nitrogens with zero attached hydrogens (tertiary/aromatic N) is 2. The molecule has 1 aliphatic heterocycles. The average molecular weight is 321 g/mol. The lowest BCUT2D eigenvalue weighted by Crippen LogP contribution is -2.45. The molecule has 1 saturated heterocycles. The fourth-order valence-electron chi connectivity index (χ4n) is 2.83. The fraction of sp³-hybridized carbons (Fsp3) is 0.375. The van der Waals surface area contributed by atoms with Gasteiger partial charge in [0.05, 0.1) is 0 Å². The van der Waals surface area contributed by atoms with Gasteiger partial charge in [-0.15, -0.1) is 0 Å². The number of carbonyl (C=O) groups excluding carboxylic acids is 2. The van der Waals surface area contributed by atoms with Gasteiger partial charge < -0.3 is 14.2 Å². The third kappa shape index (κ3) is 2.57. The van der Waals surface area contributed by atoms with E-state index in [4.69, 9.17) is 16.0 Å². The zero-order chi connectivity index (χ0) is 15.9. The van der Waals surface area contributed by atoms with Crippen molar-refractivity contribution in [3.8, 4) is 0 Å². The van der Waals surface area contributed by atoms with E-state index in [1.165, 1.54) is 4.90 Å². The smallest absolute Gasteiger partial charge is 0.290 e. The predicted octanol–water partition coefficient (Wildman–Crippen LogP) is 2.78. The first-order valence-electron chi connectivity index (χ1n) is 7.18. The Labute approximate surface area is 133 Å². The zero-order valence-electron chi connectivity index (χ0n) is 12.5. The first-order chi connectivity index (χ1) is 10.5. The van der Waals surface area contributed by atoms with Crippen molar-refractivity contribution in [2.75, 3.05) is 20.6 Å². The van der Waals surface area contributed by atoms with Gasteiger partial charge in [0.1, 0.15) is 11.6 Å². The minimum Gasteiger partial charge on any atom is -0.451 e. The number of furan rings is 1. The topological polar surface area (TPSA) is 53.8 Å². The third-order valence-corrected chi connectivity index (χ3v) is 4.16. The molecule has 0 radical (unpaired) electrons. The van der Waals surface area contributed by atoms with Crippen LogP contribution in [-0.2, 0) is 4.79 Å². The first-order valence-corrected chi connectivity index (χ1v) is 7.56. The summed E-state index contributed by atoms with van der Waals surface area (Å²) in [5.41, 5.74) is 0.613. The molecule has 1 unspecified atom stereocenters. The Morgan fingerprint density at radius 1 is 1.32 bits per heavy atom. The quantitative estimate of drug-likeness (QED) is 0.855. The number of likely N-dealkylation sites (N-methyl/N-ethyl adjacent to an activating group) is 1. The highest BCUT2D eigenvalue weighted by molar-refractivity contribution is 6.31. The Bertz CT molecular complexity index is 738. The summed E-state index contributed by atoms with van der Waals surface area (Å²) in [5.74, 6) is -0.0502. The van der Waals surface area contributed by atoms with Gasteiger partial charge in [-0.2, -0.15) is 0 Å². The highest BCUT2D eigenvalue weighted by Gasteiger charge is 2.36. The predicted molar refractivity (Wildman–Crippen MR) is 84.0 cm³/mol. The van der Waals surface area contributed by atoms with E-state index in [9.17, 15) is 9.59 Å². The molecule has 3 rings (SSSR count). The van der Waals surface area contributed by atoms with E-state index in [1.807, 2.05) is 0 Å². The zero-order valence-corrected chi connectivity index (χ0v) is 13.3. The molecule has 1 aromatic heterocycles. The molecule has 1 aliphatic rings. The van der Waals surface area contributed by atoms with Crippen molar-refractivity contribution in [3.05, 3.63) is 35.0 Å². The van der Waals surface area contributed by atoms with E-state index in [2.05, 4.69) is 0 Å². The Morgan fingerprint density at radius 2 is 2.09 bits per heavy atom. The molecule has 5 nitrogen and oxygen atoms in total. The molecule has 6 heteroatoms. The van der Waals surface area contributed by atoms with Crippen LogP contribution < -0.4 is 0 Å². The molecule has 0 spiro atoms. The number of amides is 2. The summed E-state index contributed by atoms with van der Waals surface area (Å²) in [4.78, 5) is 28.0. The number of likely N-dealkylation sites (tertiary alicyclic amines) is 1. The number of carbonyl (C=O) groups is 2. The van der Waals surface area contributed by atoms with Crippen LogP contribution in [0.25, 0.3) is 11.0 Å². The van der Waals surface area contributed by atoms with Gasteiger partial charge in [0.25, 0.3) is 5.91 Å². The van der Waals surface area contributed by atoms with Crippen LogP contribution >= 0.6 is 11.6 Å². The van der Waals surface area contributed by atoms with Crippen LogP contribution in [-0.4, -0.2) is 48.3 Å². The van der Waals surface area contributed by atoms with Crippen LogP contribution in [0.4, 0.5) is 0 Å². The van der Waals surface area contributed by atoms with Gasteiger partial charge in [-0.25, -0.2) is 0 Å². The highest BCUT2D eigenvalue weighted by Crippen LogP contribution is 2.26. The summed E-state index contributed by atoms with van der Waals surface area (Å²) in [7, 11) is 3.40. The van der Waals surface area contributed by atoms with Crippen molar-refractivity contribution in [2.45, 2.75) is 18.9 Å². The summed E-state index contributed by atoms with van der Waals surface area (Å²) in [6.07, 6.45) is 1.51. The van der Waals surface area contributed by atoms with Crippen molar-refractivity contribution < 1.29 is 14.0 Å². The lowest BCUT2D eigenvalue weighted by atomic mass is 10.2. The summed E-state index contributed by atoms with van der Waals surface area (Å²) in [6, 6.07) is 6.48. The molecule has 1 aromatic carbocycles. The van der Waals surface area contributed by atoms with E-state index in [-0.39, 0.29) is 17.6 Å². The summed E-state index contributed by atoms with van der Waals surface area (Å²) >= 11 is 5.95. The number of hydrogen-bond donors (Lipinski definition) is 0. The van der Waals surface area contributed by atoms with Crippen LogP contribution in [0.5, 0.6) is 0 Å². The Balaban J connectivity index is 1.89. The molecule has 1 fully saturated rings. The summed E-state index contributed by atoms with van der Waals surface area (Å²) < 4.78 is 5.61. The molecular formula is C16H17ClN2O3. The van der Waals surface area contributed by atoms with E-state index in [0.29, 0.717) is 23.6 Å². The first kappa shape index (κ1) is 14.9. The van der Waals surface area contributed by atoms with Gasteiger partial charge in [-0.1, -0.05) is 11.6 Å². The number of rotatable bonds is 2. The Kier molecular flexibility index (Phi) is 3.83. The SMILES string of the molecule is CN(C)C(=O)C1CCCN1C(=O)c1cc2cc(Cl)ccc2o1. The number of halogens is 1. The van der Waals surface area contributed by atoms with Gasteiger partial charge in [-0.3, -0.25) is 9.59 Å². The fourth-order valence-corrected chi connectivity index (χ4v) is 3.01.